The van der Waals surface area contributed by atoms with Crippen molar-refractivity contribution in [1.82, 2.24) is 4.90 Å². The molecule has 4 heteroatoms. The van der Waals surface area contributed by atoms with Gasteiger partial charge in [-0.1, -0.05) is 19.4 Å². The summed E-state index contributed by atoms with van der Waals surface area (Å²) in [6.45, 7) is 3.68. The van der Waals surface area contributed by atoms with Crippen LogP contribution in [0.25, 0.3) is 0 Å². The van der Waals surface area contributed by atoms with E-state index in [9.17, 15) is 4.79 Å². The fourth-order valence-corrected chi connectivity index (χ4v) is 3.68. The third-order valence-corrected chi connectivity index (χ3v) is 4.56. The smallest absolute Gasteiger partial charge is 0.264 e. The molecule has 1 saturated heterocycles. The molecule has 1 aromatic heterocycles. The zero-order chi connectivity index (χ0) is 13.0. The second-order valence-corrected chi connectivity index (χ2v) is 5.89. The number of thiophene rings is 1. The van der Waals surface area contributed by atoms with Crippen molar-refractivity contribution in [3.05, 3.63) is 22.4 Å². The van der Waals surface area contributed by atoms with Crippen molar-refractivity contribution in [2.45, 2.75) is 38.1 Å². The van der Waals surface area contributed by atoms with Crippen LogP contribution in [0.3, 0.4) is 0 Å². The lowest BCUT2D eigenvalue weighted by Gasteiger charge is -2.38. The number of amides is 1. The van der Waals surface area contributed by atoms with Gasteiger partial charge in [-0.2, -0.15) is 0 Å². The average Bonchev–Trinajstić information content (AvgIpc) is 2.98. The molecule has 1 fully saturated rings. The maximum absolute atomic E-state index is 12.6. The average molecular weight is 267 g/mol. The second kappa shape index (κ2) is 5.85. The Morgan fingerprint density at radius 3 is 3.06 bits per heavy atom. The summed E-state index contributed by atoms with van der Waals surface area (Å²) >= 11 is 1.52. The molecule has 1 amide bonds. The fourth-order valence-electron chi connectivity index (χ4n) is 3.00. The van der Waals surface area contributed by atoms with Gasteiger partial charge in [0, 0.05) is 13.7 Å². The first-order valence-corrected chi connectivity index (χ1v) is 7.46. The van der Waals surface area contributed by atoms with Crippen molar-refractivity contribution >= 4 is 17.2 Å². The molecule has 0 unspecified atom stereocenters. The maximum atomic E-state index is 12.6. The third kappa shape index (κ3) is 2.45. The van der Waals surface area contributed by atoms with Crippen LogP contribution in [0.2, 0.25) is 0 Å². The Kier molecular flexibility index (Phi) is 4.40. The first kappa shape index (κ1) is 13.6. The summed E-state index contributed by atoms with van der Waals surface area (Å²) in [7, 11) is 1.73. The van der Waals surface area contributed by atoms with Crippen LogP contribution in [0.4, 0.5) is 0 Å². The Bertz CT molecular complexity index is 383. The maximum Gasteiger partial charge on any atom is 0.264 e. The van der Waals surface area contributed by atoms with Gasteiger partial charge in [0.1, 0.15) is 0 Å². The van der Waals surface area contributed by atoms with Crippen LogP contribution in [0.5, 0.6) is 0 Å². The molecule has 100 valence electrons. The van der Waals surface area contributed by atoms with Gasteiger partial charge in [-0.15, -0.1) is 11.3 Å². The number of likely N-dealkylation sites (tertiary alicyclic amines) is 1. The molecular formula is C14H21NO2S. The lowest BCUT2D eigenvalue weighted by atomic mass is 9.91. The van der Waals surface area contributed by atoms with Gasteiger partial charge in [-0.25, -0.2) is 0 Å². The molecule has 1 aliphatic heterocycles. The number of methoxy groups -OCH3 is 1. The molecule has 1 atom stereocenters. The number of nitrogens with zero attached hydrogens (tertiary/aromatic N) is 1. The minimum Gasteiger partial charge on any atom is -0.382 e. The van der Waals surface area contributed by atoms with Gasteiger partial charge in [0.05, 0.1) is 17.0 Å². The molecule has 0 aromatic carbocycles. The molecule has 0 radical (unpaired) electrons. The first-order valence-electron chi connectivity index (χ1n) is 6.58. The van der Waals surface area contributed by atoms with E-state index in [2.05, 4.69) is 6.92 Å². The predicted octanol–water partition coefficient (Wildman–Crippen LogP) is 3.17. The van der Waals surface area contributed by atoms with E-state index in [1.165, 1.54) is 11.3 Å². The topological polar surface area (TPSA) is 29.5 Å². The zero-order valence-corrected chi connectivity index (χ0v) is 12.0. The Morgan fingerprint density at radius 2 is 2.44 bits per heavy atom. The lowest BCUT2D eigenvalue weighted by molar-refractivity contribution is 0.0258. The summed E-state index contributed by atoms with van der Waals surface area (Å²) in [6, 6.07) is 3.85. The molecule has 2 rings (SSSR count). The van der Waals surface area contributed by atoms with Crippen molar-refractivity contribution in [3.8, 4) is 0 Å². The van der Waals surface area contributed by atoms with Crippen LogP contribution in [-0.2, 0) is 4.74 Å². The van der Waals surface area contributed by atoms with E-state index in [0.29, 0.717) is 6.61 Å². The molecule has 3 nitrogen and oxygen atoms in total. The van der Waals surface area contributed by atoms with Crippen molar-refractivity contribution < 1.29 is 9.53 Å². The molecule has 18 heavy (non-hydrogen) atoms. The van der Waals surface area contributed by atoms with E-state index in [1.807, 2.05) is 22.4 Å². The monoisotopic (exact) mass is 267 g/mol. The van der Waals surface area contributed by atoms with Gasteiger partial charge in [0.15, 0.2) is 0 Å². The van der Waals surface area contributed by atoms with Crippen LogP contribution >= 0.6 is 11.3 Å². The number of hydrogen-bond donors (Lipinski definition) is 0. The summed E-state index contributed by atoms with van der Waals surface area (Å²) in [4.78, 5) is 15.4. The van der Waals surface area contributed by atoms with E-state index in [1.54, 1.807) is 7.11 Å². The highest BCUT2D eigenvalue weighted by Crippen LogP contribution is 2.35. The number of carbonyl (C=O) groups is 1. The van der Waals surface area contributed by atoms with E-state index in [0.717, 1.165) is 37.1 Å². The fraction of sp³-hybridized carbons (Fsp3) is 0.643. The Morgan fingerprint density at radius 1 is 1.61 bits per heavy atom. The van der Waals surface area contributed by atoms with Crippen LogP contribution in [0.15, 0.2) is 17.5 Å². The molecule has 1 aliphatic rings. The predicted molar refractivity (Wildman–Crippen MR) is 74.1 cm³/mol. The quantitative estimate of drug-likeness (QED) is 0.820. The van der Waals surface area contributed by atoms with E-state index in [4.69, 9.17) is 4.74 Å². The van der Waals surface area contributed by atoms with Crippen LogP contribution in [0.1, 0.15) is 42.3 Å². The number of rotatable bonds is 5. The van der Waals surface area contributed by atoms with Gasteiger partial charge in [-0.3, -0.25) is 4.79 Å². The van der Waals surface area contributed by atoms with Gasteiger partial charge in [0.2, 0.25) is 0 Å². The highest BCUT2D eigenvalue weighted by Gasteiger charge is 2.43. The van der Waals surface area contributed by atoms with Gasteiger partial charge >= 0.3 is 0 Å². The molecule has 1 aromatic rings. The van der Waals surface area contributed by atoms with Gasteiger partial charge in [0.25, 0.3) is 5.91 Å². The van der Waals surface area contributed by atoms with Crippen LogP contribution in [0, 0.1) is 0 Å². The van der Waals surface area contributed by atoms with E-state index < -0.39 is 0 Å². The summed E-state index contributed by atoms with van der Waals surface area (Å²) in [5, 5.41) is 1.96. The molecule has 0 saturated carbocycles. The summed E-state index contributed by atoms with van der Waals surface area (Å²) in [6.07, 6.45) is 4.25. The number of hydrogen-bond acceptors (Lipinski definition) is 3. The minimum atomic E-state index is -0.0788. The minimum absolute atomic E-state index is 0.0788. The third-order valence-electron chi connectivity index (χ3n) is 3.70. The summed E-state index contributed by atoms with van der Waals surface area (Å²) in [5.74, 6) is 0.174. The standard InChI is InChI=1S/C14H21NO2S/c1-3-7-14(11-17-2)8-5-9-15(14)13(16)12-6-4-10-18-12/h4,6,10H,3,5,7-9,11H2,1-2H3/t14-/m1/s1. The summed E-state index contributed by atoms with van der Waals surface area (Å²) < 4.78 is 5.39. The normalized spacial score (nSPS) is 23.6. The first-order chi connectivity index (χ1) is 8.73. The number of carbonyl (C=O) groups excluding carboxylic acids is 1. The second-order valence-electron chi connectivity index (χ2n) is 4.94. The number of ether oxygens (including phenoxy) is 1. The van der Waals surface area contributed by atoms with Gasteiger partial charge < -0.3 is 9.64 Å². The summed E-state index contributed by atoms with van der Waals surface area (Å²) in [5.41, 5.74) is -0.0788. The van der Waals surface area contributed by atoms with E-state index >= 15 is 0 Å². The molecule has 0 bridgehead atoms. The highest BCUT2D eigenvalue weighted by atomic mass is 32.1. The zero-order valence-electron chi connectivity index (χ0n) is 11.1. The largest absolute Gasteiger partial charge is 0.382 e. The lowest BCUT2D eigenvalue weighted by Crippen LogP contribution is -2.50. The Labute approximate surface area is 113 Å². The van der Waals surface area contributed by atoms with Crippen LogP contribution in [-0.4, -0.2) is 36.6 Å². The highest BCUT2D eigenvalue weighted by molar-refractivity contribution is 7.12. The molecular weight excluding hydrogens is 246 g/mol. The van der Waals surface area contributed by atoms with Crippen molar-refractivity contribution in [1.29, 1.82) is 0 Å². The van der Waals surface area contributed by atoms with Crippen molar-refractivity contribution in [2.24, 2.45) is 0 Å². The van der Waals surface area contributed by atoms with Crippen LogP contribution < -0.4 is 0 Å². The Balaban J connectivity index is 2.21. The van der Waals surface area contributed by atoms with Gasteiger partial charge in [-0.05, 0) is 30.7 Å². The SMILES string of the molecule is CCC[C@]1(COC)CCCN1C(=O)c1cccs1. The molecule has 2 heterocycles. The molecule has 0 N–H and O–H groups in total. The van der Waals surface area contributed by atoms with Crippen molar-refractivity contribution in [3.63, 3.8) is 0 Å². The van der Waals surface area contributed by atoms with Crippen molar-refractivity contribution in [2.75, 3.05) is 20.3 Å². The van der Waals surface area contributed by atoms with E-state index in [-0.39, 0.29) is 11.4 Å². The molecule has 0 spiro atoms. The Hall–Kier alpha value is -0.870. The molecule has 0 aliphatic carbocycles.